The number of carbonyl (C=O) groups is 1. The highest BCUT2D eigenvalue weighted by Crippen LogP contribution is 2.26. The van der Waals surface area contributed by atoms with Crippen molar-refractivity contribution in [2.24, 2.45) is 0 Å². The normalized spacial score (nSPS) is 11.5. The molecule has 0 amide bonds. The number of carbonyl (C=O) groups excluding carboxylic acids is 1. The average molecular weight is 483 g/mol. The van der Waals surface area contributed by atoms with Crippen LogP contribution < -0.4 is 4.74 Å². The Kier molecular flexibility index (Phi) is 9.66. The van der Waals surface area contributed by atoms with Crippen molar-refractivity contribution in [2.45, 2.75) is 31.0 Å². The molecule has 0 saturated heterocycles. The predicted molar refractivity (Wildman–Crippen MR) is 115 cm³/mol. The molecule has 33 heavy (non-hydrogen) atoms. The number of benzene rings is 1. The van der Waals surface area contributed by atoms with Crippen molar-refractivity contribution in [1.82, 2.24) is 9.29 Å². The zero-order valence-electron chi connectivity index (χ0n) is 17.9. The standard InChI is InChI=1S/C20H25N3O9S/c1-2-31-19(24)8-5-11-22(12-13-32-15-9-10-21-16(14-15)20(25)26)33(29,30)18-7-4-3-6-17(18)23(27)28/h3-4,6-7,9-10,14,20,25-26H,2,5,8,11-13H2,1H3. The van der Waals surface area contributed by atoms with Crippen LogP contribution in [0.4, 0.5) is 5.69 Å². The summed E-state index contributed by atoms with van der Waals surface area (Å²) in [4.78, 5) is 25.5. The number of aliphatic hydroxyl groups excluding tert-OH is 1. The number of aromatic nitrogens is 1. The molecule has 1 aromatic heterocycles. The van der Waals surface area contributed by atoms with E-state index in [1.165, 1.54) is 30.5 Å². The van der Waals surface area contributed by atoms with E-state index in [4.69, 9.17) is 9.47 Å². The van der Waals surface area contributed by atoms with E-state index in [9.17, 15) is 33.5 Å². The number of esters is 1. The number of rotatable bonds is 13. The van der Waals surface area contributed by atoms with E-state index in [2.05, 4.69) is 4.98 Å². The van der Waals surface area contributed by atoms with Crippen molar-refractivity contribution >= 4 is 21.7 Å². The predicted octanol–water partition coefficient (Wildman–Crippen LogP) is 1.39. The van der Waals surface area contributed by atoms with Gasteiger partial charge in [-0.05, 0) is 25.5 Å². The maximum absolute atomic E-state index is 13.2. The Balaban J connectivity index is 2.20. The van der Waals surface area contributed by atoms with E-state index in [0.29, 0.717) is 0 Å². The number of nitro benzene ring substituents is 1. The average Bonchev–Trinajstić information content (AvgIpc) is 2.78. The van der Waals surface area contributed by atoms with Gasteiger partial charge in [0, 0.05) is 37.8 Å². The topological polar surface area (TPSA) is 169 Å². The summed E-state index contributed by atoms with van der Waals surface area (Å²) in [5.41, 5.74) is -0.615. The summed E-state index contributed by atoms with van der Waals surface area (Å²) >= 11 is 0. The van der Waals surface area contributed by atoms with Gasteiger partial charge in [0.15, 0.2) is 11.2 Å². The fourth-order valence-electron chi connectivity index (χ4n) is 2.87. The second-order valence-corrected chi connectivity index (χ2v) is 8.58. The second kappa shape index (κ2) is 12.2. The third-order valence-electron chi connectivity index (χ3n) is 4.40. The van der Waals surface area contributed by atoms with Gasteiger partial charge in [-0.1, -0.05) is 12.1 Å². The Bertz CT molecular complexity index is 1060. The Morgan fingerprint density at radius 1 is 1.24 bits per heavy atom. The Labute approximate surface area is 190 Å². The van der Waals surface area contributed by atoms with E-state index in [-0.39, 0.29) is 50.6 Å². The van der Waals surface area contributed by atoms with Crippen LogP contribution in [0.3, 0.4) is 0 Å². The molecule has 0 spiro atoms. The SMILES string of the molecule is CCOC(=O)CCCN(CCOc1ccnc(C(O)O)c1)S(=O)(=O)c1ccccc1[N+](=O)[O-]. The molecular weight excluding hydrogens is 458 g/mol. The first kappa shape index (κ1) is 26.1. The molecule has 0 saturated carbocycles. The number of pyridine rings is 1. The summed E-state index contributed by atoms with van der Waals surface area (Å²) in [7, 11) is -4.30. The van der Waals surface area contributed by atoms with Crippen molar-refractivity contribution in [3.8, 4) is 5.75 Å². The van der Waals surface area contributed by atoms with Gasteiger partial charge >= 0.3 is 5.97 Å². The fourth-order valence-corrected chi connectivity index (χ4v) is 4.49. The number of ether oxygens (including phenoxy) is 2. The maximum Gasteiger partial charge on any atom is 0.305 e. The summed E-state index contributed by atoms with van der Waals surface area (Å²) in [6, 6.07) is 7.72. The third-order valence-corrected chi connectivity index (χ3v) is 6.35. The number of hydrogen-bond donors (Lipinski definition) is 2. The lowest BCUT2D eigenvalue weighted by atomic mass is 10.3. The molecule has 0 atom stereocenters. The van der Waals surface area contributed by atoms with Gasteiger partial charge in [0.05, 0.1) is 17.2 Å². The van der Waals surface area contributed by atoms with Crippen LogP contribution in [0.1, 0.15) is 31.7 Å². The fraction of sp³-hybridized carbons (Fsp3) is 0.400. The smallest absolute Gasteiger partial charge is 0.305 e. The highest BCUT2D eigenvalue weighted by molar-refractivity contribution is 7.89. The lowest BCUT2D eigenvalue weighted by molar-refractivity contribution is -0.387. The zero-order valence-corrected chi connectivity index (χ0v) is 18.7. The van der Waals surface area contributed by atoms with Crippen LogP contribution in [0.25, 0.3) is 0 Å². The van der Waals surface area contributed by atoms with Crippen LogP contribution in [0.2, 0.25) is 0 Å². The molecule has 0 aliphatic rings. The number of sulfonamides is 1. The van der Waals surface area contributed by atoms with Crippen LogP contribution in [-0.4, -0.2) is 65.1 Å². The van der Waals surface area contributed by atoms with Crippen LogP contribution in [-0.2, 0) is 19.6 Å². The van der Waals surface area contributed by atoms with Crippen LogP contribution >= 0.6 is 0 Å². The molecule has 1 aromatic carbocycles. The monoisotopic (exact) mass is 483 g/mol. The lowest BCUT2D eigenvalue weighted by Gasteiger charge is -2.22. The molecular formula is C20H25N3O9S. The van der Waals surface area contributed by atoms with Crippen molar-refractivity contribution in [1.29, 1.82) is 0 Å². The molecule has 0 radical (unpaired) electrons. The van der Waals surface area contributed by atoms with Gasteiger partial charge < -0.3 is 19.7 Å². The number of aliphatic hydroxyl groups is 2. The largest absolute Gasteiger partial charge is 0.492 e. The molecule has 0 aliphatic carbocycles. The van der Waals surface area contributed by atoms with Gasteiger partial charge in [-0.25, -0.2) is 8.42 Å². The molecule has 0 aliphatic heterocycles. The van der Waals surface area contributed by atoms with Crippen LogP contribution in [0.5, 0.6) is 5.75 Å². The van der Waals surface area contributed by atoms with Crippen LogP contribution in [0.15, 0.2) is 47.5 Å². The minimum atomic E-state index is -4.30. The first-order valence-electron chi connectivity index (χ1n) is 10.0. The van der Waals surface area contributed by atoms with Crippen LogP contribution in [0, 0.1) is 10.1 Å². The van der Waals surface area contributed by atoms with E-state index < -0.39 is 37.8 Å². The third kappa shape index (κ3) is 7.46. The highest BCUT2D eigenvalue weighted by Gasteiger charge is 2.31. The molecule has 12 nitrogen and oxygen atoms in total. The second-order valence-electron chi connectivity index (χ2n) is 6.68. The van der Waals surface area contributed by atoms with E-state index in [1.54, 1.807) is 6.92 Å². The Morgan fingerprint density at radius 2 is 1.97 bits per heavy atom. The molecule has 13 heteroatoms. The molecule has 1 heterocycles. The van der Waals surface area contributed by atoms with E-state index in [0.717, 1.165) is 16.4 Å². The van der Waals surface area contributed by atoms with Gasteiger partial charge in [0.1, 0.15) is 12.4 Å². The van der Waals surface area contributed by atoms with Gasteiger partial charge in [0.25, 0.3) is 5.69 Å². The molecule has 2 rings (SSSR count). The molecule has 0 fully saturated rings. The quantitative estimate of drug-likeness (QED) is 0.184. The zero-order chi connectivity index (χ0) is 24.4. The van der Waals surface area contributed by atoms with E-state index >= 15 is 0 Å². The number of para-hydroxylation sites is 1. The molecule has 180 valence electrons. The summed E-state index contributed by atoms with van der Waals surface area (Å²) in [6.07, 6.45) is -0.397. The Morgan fingerprint density at radius 3 is 2.64 bits per heavy atom. The molecule has 0 bridgehead atoms. The molecule has 2 aromatic rings. The number of hydrogen-bond acceptors (Lipinski definition) is 10. The van der Waals surface area contributed by atoms with Gasteiger partial charge in [-0.15, -0.1) is 0 Å². The first-order valence-corrected chi connectivity index (χ1v) is 11.4. The van der Waals surface area contributed by atoms with Gasteiger partial charge in [-0.3, -0.25) is 19.9 Å². The summed E-state index contributed by atoms with van der Waals surface area (Å²) in [5, 5.41) is 29.7. The molecule has 0 unspecified atom stereocenters. The highest BCUT2D eigenvalue weighted by atomic mass is 32.2. The lowest BCUT2D eigenvalue weighted by Crippen LogP contribution is -2.36. The minimum absolute atomic E-state index is 0.0281. The van der Waals surface area contributed by atoms with E-state index in [1.807, 2.05) is 0 Å². The minimum Gasteiger partial charge on any atom is -0.492 e. The Hall–Kier alpha value is -3.13. The van der Waals surface area contributed by atoms with Crippen molar-refractivity contribution in [3.63, 3.8) is 0 Å². The summed E-state index contributed by atoms with van der Waals surface area (Å²) in [5.74, 6) is -0.258. The summed E-state index contributed by atoms with van der Waals surface area (Å²) < 4.78 is 37.8. The maximum atomic E-state index is 13.2. The van der Waals surface area contributed by atoms with Gasteiger partial charge in [-0.2, -0.15) is 4.31 Å². The van der Waals surface area contributed by atoms with Crippen molar-refractivity contribution < 1.29 is 37.8 Å². The molecule has 2 N–H and O–H groups in total. The number of nitro groups is 1. The summed E-state index contributed by atoms with van der Waals surface area (Å²) in [6.45, 7) is 1.41. The van der Waals surface area contributed by atoms with Crippen molar-refractivity contribution in [2.75, 3.05) is 26.3 Å². The van der Waals surface area contributed by atoms with Crippen molar-refractivity contribution in [3.05, 3.63) is 58.4 Å². The van der Waals surface area contributed by atoms with Gasteiger partial charge in [0.2, 0.25) is 10.0 Å². The first-order chi connectivity index (χ1) is 15.7. The number of nitrogens with zero attached hydrogens (tertiary/aromatic N) is 3.